The van der Waals surface area contributed by atoms with Crippen LogP contribution >= 0.6 is 0 Å². The lowest BCUT2D eigenvalue weighted by Crippen LogP contribution is -2.54. The zero-order valence-electron chi connectivity index (χ0n) is 11.8. The lowest BCUT2D eigenvalue weighted by Gasteiger charge is -2.36. The average molecular weight is 268 g/mol. The molecular formula is C14H24N2O3. The molecule has 0 bridgehead atoms. The first-order valence-corrected chi connectivity index (χ1v) is 7.14. The number of carboxylic acid groups (broad SMARTS) is 1. The molecule has 0 radical (unpaired) electrons. The molecule has 3 unspecified atom stereocenters. The number of piperidine rings is 1. The van der Waals surface area contributed by atoms with Gasteiger partial charge in [0.2, 0.25) is 5.91 Å². The van der Waals surface area contributed by atoms with E-state index in [4.69, 9.17) is 0 Å². The summed E-state index contributed by atoms with van der Waals surface area (Å²) in [4.78, 5) is 23.8. The molecule has 2 rings (SSSR count). The molecule has 1 heterocycles. The predicted octanol–water partition coefficient (Wildman–Crippen LogP) is 1.14. The second-order valence-electron chi connectivity index (χ2n) is 6.48. The van der Waals surface area contributed by atoms with Crippen molar-refractivity contribution in [2.24, 2.45) is 10.8 Å². The van der Waals surface area contributed by atoms with E-state index in [1.54, 1.807) is 6.92 Å². The van der Waals surface area contributed by atoms with Gasteiger partial charge >= 0.3 is 5.97 Å². The van der Waals surface area contributed by atoms with Crippen LogP contribution in [0.25, 0.3) is 0 Å². The van der Waals surface area contributed by atoms with Crippen molar-refractivity contribution in [2.75, 3.05) is 13.1 Å². The number of carboxylic acids is 1. The SMILES string of the molecule is CC1(C(=O)NC2CCCC2(C)C(=O)O)CCCNC1. The Labute approximate surface area is 114 Å². The van der Waals surface area contributed by atoms with Crippen molar-refractivity contribution < 1.29 is 14.7 Å². The summed E-state index contributed by atoms with van der Waals surface area (Å²) >= 11 is 0. The zero-order valence-corrected chi connectivity index (χ0v) is 11.8. The van der Waals surface area contributed by atoms with E-state index >= 15 is 0 Å². The highest BCUT2D eigenvalue weighted by Crippen LogP contribution is 2.39. The maximum absolute atomic E-state index is 12.4. The van der Waals surface area contributed by atoms with Gasteiger partial charge in [0, 0.05) is 12.6 Å². The molecule has 1 saturated carbocycles. The maximum atomic E-state index is 12.4. The van der Waals surface area contributed by atoms with Crippen molar-refractivity contribution in [3.8, 4) is 0 Å². The van der Waals surface area contributed by atoms with Gasteiger partial charge in [0.15, 0.2) is 0 Å². The van der Waals surface area contributed by atoms with Gasteiger partial charge in [-0.3, -0.25) is 9.59 Å². The summed E-state index contributed by atoms with van der Waals surface area (Å²) < 4.78 is 0. The number of carbonyl (C=O) groups is 2. The van der Waals surface area contributed by atoms with Gasteiger partial charge in [-0.05, 0) is 46.1 Å². The smallest absolute Gasteiger partial charge is 0.311 e. The molecule has 0 aromatic heterocycles. The van der Waals surface area contributed by atoms with Gasteiger partial charge in [0.25, 0.3) is 0 Å². The van der Waals surface area contributed by atoms with Crippen LogP contribution in [0.3, 0.4) is 0 Å². The van der Waals surface area contributed by atoms with Crippen LogP contribution in [0.15, 0.2) is 0 Å². The first-order valence-electron chi connectivity index (χ1n) is 7.14. The molecule has 1 amide bonds. The summed E-state index contributed by atoms with van der Waals surface area (Å²) in [5.41, 5.74) is -1.21. The van der Waals surface area contributed by atoms with E-state index < -0.39 is 16.8 Å². The lowest BCUT2D eigenvalue weighted by molar-refractivity contribution is -0.149. The van der Waals surface area contributed by atoms with Gasteiger partial charge in [-0.1, -0.05) is 6.42 Å². The van der Waals surface area contributed by atoms with Crippen molar-refractivity contribution in [2.45, 2.75) is 52.0 Å². The fraction of sp³-hybridized carbons (Fsp3) is 0.857. The van der Waals surface area contributed by atoms with Crippen molar-refractivity contribution in [1.82, 2.24) is 10.6 Å². The van der Waals surface area contributed by atoms with Gasteiger partial charge in [-0.15, -0.1) is 0 Å². The zero-order chi connectivity index (χ0) is 14.1. The standard InChI is InChI=1S/C14H24N2O3/c1-13(6-4-8-15-9-13)11(17)16-10-5-3-7-14(10,2)12(18)19/h10,15H,3-9H2,1-2H3,(H,16,17)(H,18,19). The van der Waals surface area contributed by atoms with Gasteiger partial charge in [0.05, 0.1) is 10.8 Å². The summed E-state index contributed by atoms with van der Waals surface area (Å²) in [6, 6.07) is -0.240. The Morgan fingerprint density at radius 3 is 2.58 bits per heavy atom. The molecule has 5 heteroatoms. The number of amides is 1. The van der Waals surface area contributed by atoms with Crippen LogP contribution in [-0.2, 0) is 9.59 Å². The van der Waals surface area contributed by atoms with Crippen LogP contribution in [0.5, 0.6) is 0 Å². The Bertz CT molecular complexity index is 377. The minimum atomic E-state index is -0.811. The molecule has 108 valence electrons. The normalized spacial score (nSPS) is 38.9. The first-order chi connectivity index (χ1) is 8.88. The van der Waals surface area contributed by atoms with E-state index in [0.29, 0.717) is 13.0 Å². The highest BCUT2D eigenvalue weighted by Gasteiger charge is 2.47. The summed E-state index contributed by atoms with van der Waals surface area (Å²) in [5, 5.41) is 15.6. The Kier molecular flexibility index (Phi) is 3.85. The first kappa shape index (κ1) is 14.3. The van der Waals surface area contributed by atoms with Crippen LogP contribution in [0.1, 0.15) is 46.0 Å². The molecule has 3 N–H and O–H groups in total. The van der Waals surface area contributed by atoms with Crippen LogP contribution in [0.2, 0.25) is 0 Å². The fourth-order valence-corrected chi connectivity index (χ4v) is 3.24. The molecule has 0 aromatic rings. The van der Waals surface area contributed by atoms with E-state index in [0.717, 1.165) is 32.2 Å². The Morgan fingerprint density at radius 2 is 2.00 bits per heavy atom. The molecule has 0 aromatic carbocycles. The molecule has 0 spiro atoms. The number of rotatable bonds is 3. The third kappa shape index (κ3) is 2.61. The van der Waals surface area contributed by atoms with Gasteiger partial charge in [-0.2, -0.15) is 0 Å². The Morgan fingerprint density at radius 1 is 1.26 bits per heavy atom. The maximum Gasteiger partial charge on any atom is 0.311 e. The van der Waals surface area contributed by atoms with E-state index in [-0.39, 0.29) is 11.9 Å². The molecule has 1 aliphatic carbocycles. The minimum Gasteiger partial charge on any atom is -0.481 e. The second-order valence-corrected chi connectivity index (χ2v) is 6.48. The van der Waals surface area contributed by atoms with E-state index in [2.05, 4.69) is 10.6 Å². The van der Waals surface area contributed by atoms with Crippen LogP contribution in [0, 0.1) is 10.8 Å². The molecule has 2 aliphatic rings. The lowest BCUT2D eigenvalue weighted by atomic mass is 9.80. The molecule has 19 heavy (non-hydrogen) atoms. The van der Waals surface area contributed by atoms with Crippen molar-refractivity contribution >= 4 is 11.9 Å². The van der Waals surface area contributed by atoms with Gasteiger partial charge in [-0.25, -0.2) is 0 Å². The monoisotopic (exact) mass is 268 g/mol. The summed E-state index contributed by atoms with van der Waals surface area (Å²) in [7, 11) is 0. The molecule has 2 fully saturated rings. The van der Waals surface area contributed by atoms with Crippen molar-refractivity contribution in [3.63, 3.8) is 0 Å². The van der Waals surface area contributed by atoms with Crippen LogP contribution in [0.4, 0.5) is 0 Å². The second kappa shape index (κ2) is 5.12. The van der Waals surface area contributed by atoms with E-state index in [9.17, 15) is 14.7 Å². The predicted molar refractivity (Wildman–Crippen MR) is 71.7 cm³/mol. The third-order valence-corrected chi connectivity index (χ3v) is 4.90. The molecule has 3 atom stereocenters. The van der Waals surface area contributed by atoms with Gasteiger partial charge < -0.3 is 15.7 Å². The van der Waals surface area contributed by atoms with Crippen molar-refractivity contribution in [1.29, 1.82) is 0 Å². The third-order valence-electron chi connectivity index (χ3n) is 4.90. The Balaban J connectivity index is 2.04. The number of hydrogen-bond donors (Lipinski definition) is 3. The highest BCUT2D eigenvalue weighted by molar-refractivity contribution is 5.84. The van der Waals surface area contributed by atoms with E-state index in [1.807, 2.05) is 6.92 Å². The summed E-state index contributed by atoms with van der Waals surface area (Å²) in [6.45, 7) is 5.34. The molecule has 5 nitrogen and oxygen atoms in total. The molecule has 1 aliphatic heterocycles. The number of nitrogens with one attached hydrogen (secondary N) is 2. The highest BCUT2D eigenvalue weighted by atomic mass is 16.4. The largest absolute Gasteiger partial charge is 0.481 e. The van der Waals surface area contributed by atoms with E-state index in [1.165, 1.54) is 0 Å². The number of aliphatic carboxylic acids is 1. The van der Waals surface area contributed by atoms with Gasteiger partial charge in [0.1, 0.15) is 0 Å². The summed E-state index contributed by atoms with van der Waals surface area (Å²) in [6.07, 6.45) is 4.12. The quantitative estimate of drug-likeness (QED) is 0.717. The van der Waals surface area contributed by atoms with Crippen LogP contribution < -0.4 is 10.6 Å². The Hall–Kier alpha value is -1.10. The number of hydrogen-bond acceptors (Lipinski definition) is 3. The summed E-state index contributed by atoms with van der Waals surface area (Å²) in [5.74, 6) is -0.804. The molecule has 1 saturated heterocycles. The van der Waals surface area contributed by atoms with Crippen LogP contribution in [-0.4, -0.2) is 36.1 Å². The van der Waals surface area contributed by atoms with Crippen molar-refractivity contribution in [3.05, 3.63) is 0 Å². The number of carbonyl (C=O) groups excluding carboxylic acids is 1. The minimum absolute atomic E-state index is 0.000856. The average Bonchev–Trinajstić information content (AvgIpc) is 2.73. The molecular weight excluding hydrogens is 244 g/mol. The fourth-order valence-electron chi connectivity index (χ4n) is 3.24. The topological polar surface area (TPSA) is 78.4 Å².